The van der Waals surface area contributed by atoms with Gasteiger partial charge in [0.2, 0.25) is 5.91 Å². The second kappa shape index (κ2) is 13.0. The summed E-state index contributed by atoms with van der Waals surface area (Å²) in [5, 5.41) is 2.91. The summed E-state index contributed by atoms with van der Waals surface area (Å²) in [5.74, 6) is 0.224. The van der Waals surface area contributed by atoms with E-state index in [0.717, 1.165) is 19.4 Å². The van der Waals surface area contributed by atoms with Crippen molar-refractivity contribution in [2.45, 2.75) is 19.8 Å². The van der Waals surface area contributed by atoms with Gasteiger partial charge in [0.05, 0.1) is 0 Å². The molecule has 3 N–H and O–H groups in total. The third-order valence-corrected chi connectivity index (χ3v) is 2.24. The van der Waals surface area contributed by atoms with Crippen molar-refractivity contribution in [3.05, 3.63) is 0 Å². The highest BCUT2D eigenvalue weighted by atomic mass is 35.5. The predicted octanol–water partition coefficient (Wildman–Crippen LogP) is 0.883. The maximum absolute atomic E-state index is 11.6. The van der Waals surface area contributed by atoms with Crippen molar-refractivity contribution in [3.63, 3.8) is 0 Å². The van der Waals surface area contributed by atoms with Gasteiger partial charge in [0.1, 0.15) is 0 Å². The van der Waals surface area contributed by atoms with Gasteiger partial charge in [-0.25, -0.2) is 0 Å². The van der Waals surface area contributed by atoms with E-state index >= 15 is 0 Å². The van der Waals surface area contributed by atoms with E-state index in [0.29, 0.717) is 13.1 Å². The molecule has 0 aromatic rings. The lowest BCUT2D eigenvalue weighted by molar-refractivity contribution is -0.125. The van der Waals surface area contributed by atoms with E-state index in [-0.39, 0.29) is 36.6 Å². The fourth-order valence-electron chi connectivity index (χ4n) is 1.27. The van der Waals surface area contributed by atoms with Gasteiger partial charge in [0.25, 0.3) is 0 Å². The first-order valence-electron chi connectivity index (χ1n) is 5.24. The molecule has 1 amide bonds. The van der Waals surface area contributed by atoms with Crippen LogP contribution in [0.25, 0.3) is 0 Å². The van der Waals surface area contributed by atoms with Gasteiger partial charge < -0.3 is 16.0 Å². The summed E-state index contributed by atoms with van der Waals surface area (Å²) in [4.78, 5) is 13.6. The van der Waals surface area contributed by atoms with Gasteiger partial charge >= 0.3 is 0 Å². The van der Waals surface area contributed by atoms with Crippen LogP contribution >= 0.6 is 24.8 Å². The Morgan fingerprint density at radius 2 is 1.94 bits per heavy atom. The van der Waals surface area contributed by atoms with Gasteiger partial charge in [-0.05, 0) is 33.5 Å². The minimum absolute atomic E-state index is 0. The van der Waals surface area contributed by atoms with E-state index in [1.165, 1.54) is 0 Å². The quantitative estimate of drug-likeness (QED) is 0.724. The number of nitrogens with one attached hydrogen (secondary N) is 1. The summed E-state index contributed by atoms with van der Waals surface area (Å²) in [7, 11) is 3.98. The lowest BCUT2D eigenvalue weighted by Crippen LogP contribution is -2.36. The van der Waals surface area contributed by atoms with Crippen LogP contribution in [0.5, 0.6) is 0 Å². The van der Waals surface area contributed by atoms with E-state index in [1.807, 2.05) is 25.9 Å². The van der Waals surface area contributed by atoms with Gasteiger partial charge in [-0.1, -0.05) is 6.92 Å². The average Bonchev–Trinajstić information content (AvgIpc) is 2.13. The summed E-state index contributed by atoms with van der Waals surface area (Å²) >= 11 is 0. The SMILES string of the molecule is CCC(CCN)C(=O)NCCN(C)C.Cl.Cl. The smallest absolute Gasteiger partial charge is 0.223 e. The first kappa shape index (κ1) is 21.3. The van der Waals surface area contributed by atoms with Gasteiger partial charge in [0.15, 0.2) is 0 Å². The Morgan fingerprint density at radius 3 is 2.31 bits per heavy atom. The minimum Gasteiger partial charge on any atom is -0.355 e. The molecule has 0 radical (unpaired) electrons. The van der Waals surface area contributed by atoms with Gasteiger partial charge in [0, 0.05) is 19.0 Å². The van der Waals surface area contributed by atoms with Crippen molar-refractivity contribution < 1.29 is 4.79 Å². The predicted molar refractivity (Wildman–Crippen MR) is 73.5 cm³/mol. The fraction of sp³-hybridized carbons (Fsp3) is 0.900. The van der Waals surface area contributed by atoms with E-state index in [9.17, 15) is 4.79 Å². The highest BCUT2D eigenvalue weighted by Gasteiger charge is 2.14. The molecule has 0 heterocycles. The molecule has 1 atom stereocenters. The highest BCUT2D eigenvalue weighted by Crippen LogP contribution is 2.06. The van der Waals surface area contributed by atoms with Crippen molar-refractivity contribution in [1.29, 1.82) is 0 Å². The third-order valence-electron chi connectivity index (χ3n) is 2.24. The fourth-order valence-corrected chi connectivity index (χ4v) is 1.27. The van der Waals surface area contributed by atoms with Crippen LogP contribution in [0.3, 0.4) is 0 Å². The first-order chi connectivity index (χ1) is 6.61. The zero-order valence-electron chi connectivity index (χ0n) is 10.4. The van der Waals surface area contributed by atoms with E-state index in [2.05, 4.69) is 5.32 Å². The Balaban J connectivity index is -0.000000845. The summed E-state index contributed by atoms with van der Waals surface area (Å²) in [6.45, 7) is 4.20. The lowest BCUT2D eigenvalue weighted by atomic mass is 10.0. The molecule has 0 saturated heterocycles. The van der Waals surface area contributed by atoms with Crippen LogP contribution in [0, 0.1) is 5.92 Å². The van der Waals surface area contributed by atoms with Crippen molar-refractivity contribution >= 4 is 30.7 Å². The number of carbonyl (C=O) groups excluding carboxylic acids is 1. The van der Waals surface area contributed by atoms with Crippen molar-refractivity contribution in [3.8, 4) is 0 Å². The van der Waals surface area contributed by atoms with E-state index in [1.54, 1.807) is 0 Å². The maximum Gasteiger partial charge on any atom is 0.223 e. The Hall–Kier alpha value is -0.0300. The van der Waals surface area contributed by atoms with Crippen LogP contribution in [0.4, 0.5) is 0 Å². The third kappa shape index (κ3) is 10.5. The molecule has 0 spiro atoms. The molecular weight excluding hydrogens is 249 g/mol. The molecule has 0 saturated carbocycles. The first-order valence-corrected chi connectivity index (χ1v) is 5.24. The van der Waals surface area contributed by atoms with Crippen LogP contribution in [0.1, 0.15) is 19.8 Å². The largest absolute Gasteiger partial charge is 0.355 e. The summed E-state index contributed by atoms with van der Waals surface area (Å²) in [6, 6.07) is 0. The van der Waals surface area contributed by atoms with Gasteiger partial charge in [-0.15, -0.1) is 24.8 Å². The molecule has 0 aliphatic heterocycles. The molecule has 16 heavy (non-hydrogen) atoms. The Kier molecular flexibility index (Phi) is 17.3. The number of likely N-dealkylation sites (N-methyl/N-ethyl adjacent to an activating group) is 1. The van der Waals surface area contributed by atoms with Crippen molar-refractivity contribution in [1.82, 2.24) is 10.2 Å². The number of carbonyl (C=O) groups is 1. The van der Waals surface area contributed by atoms with Crippen LogP contribution in [-0.2, 0) is 4.79 Å². The molecule has 0 aromatic carbocycles. The zero-order chi connectivity index (χ0) is 11.0. The summed E-state index contributed by atoms with van der Waals surface area (Å²) < 4.78 is 0. The van der Waals surface area contributed by atoms with Crippen LogP contribution in [0.2, 0.25) is 0 Å². The van der Waals surface area contributed by atoms with Gasteiger partial charge in [-0.3, -0.25) is 4.79 Å². The molecule has 0 rings (SSSR count). The molecule has 6 heteroatoms. The molecule has 4 nitrogen and oxygen atoms in total. The molecule has 0 aromatic heterocycles. The minimum atomic E-state index is 0. The number of rotatable bonds is 7. The average molecular weight is 274 g/mol. The maximum atomic E-state index is 11.6. The second-order valence-electron chi connectivity index (χ2n) is 3.78. The number of halogens is 2. The Bertz CT molecular complexity index is 168. The van der Waals surface area contributed by atoms with Crippen LogP contribution in [0.15, 0.2) is 0 Å². The Morgan fingerprint density at radius 1 is 1.38 bits per heavy atom. The monoisotopic (exact) mass is 273 g/mol. The van der Waals surface area contributed by atoms with Crippen molar-refractivity contribution in [2.75, 3.05) is 33.7 Å². The molecule has 0 bridgehead atoms. The normalized spacial score (nSPS) is 11.3. The van der Waals surface area contributed by atoms with E-state index in [4.69, 9.17) is 5.73 Å². The highest BCUT2D eigenvalue weighted by molar-refractivity contribution is 5.85. The molecular formula is C10H25Cl2N3O. The topological polar surface area (TPSA) is 58.4 Å². The van der Waals surface area contributed by atoms with E-state index < -0.39 is 0 Å². The van der Waals surface area contributed by atoms with Crippen LogP contribution < -0.4 is 11.1 Å². The molecule has 100 valence electrons. The molecule has 0 aliphatic rings. The van der Waals surface area contributed by atoms with Crippen LogP contribution in [-0.4, -0.2) is 44.5 Å². The second-order valence-corrected chi connectivity index (χ2v) is 3.78. The number of nitrogens with zero attached hydrogens (tertiary/aromatic N) is 1. The molecule has 0 aliphatic carbocycles. The van der Waals surface area contributed by atoms with Gasteiger partial charge in [-0.2, -0.15) is 0 Å². The summed E-state index contributed by atoms with van der Waals surface area (Å²) in [6.07, 6.45) is 1.65. The number of hydrogen-bond acceptors (Lipinski definition) is 3. The lowest BCUT2D eigenvalue weighted by Gasteiger charge is -2.15. The number of hydrogen-bond donors (Lipinski definition) is 2. The number of amides is 1. The Labute approximate surface area is 111 Å². The number of nitrogens with two attached hydrogens (primary N) is 1. The summed E-state index contributed by atoms with van der Waals surface area (Å²) in [5.41, 5.74) is 5.43. The zero-order valence-corrected chi connectivity index (χ0v) is 12.0. The molecule has 1 unspecified atom stereocenters. The molecule has 0 fully saturated rings. The standard InChI is InChI=1S/C10H23N3O.2ClH/c1-4-9(5-6-11)10(14)12-7-8-13(2)3;;/h9H,4-8,11H2,1-3H3,(H,12,14);2*1H. The van der Waals surface area contributed by atoms with Crippen molar-refractivity contribution in [2.24, 2.45) is 11.7 Å².